The lowest BCUT2D eigenvalue weighted by molar-refractivity contribution is -0.144. The molecule has 0 aliphatic carbocycles. The molecule has 11 heteroatoms. The molecule has 0 N–H and O–H groups in total. The number of esters is 1. The highest BCUT2D eigenvalue weighted by atomic mass is 19.4. The Bertz CT molecular complexity index is 1090. The number of rotatable bonds is 7. The van der Waals surface area contributed by atoms with E-state index in [4.69, 9.17) is 10.00 Å². The van der Waals surface area contributed by atoms with Gasteiger partial charge in [0, 0.05) is 31.4 Å². The molecule has 2 aromatic rings. The highest BCUT2D eigenvalue weighted by Gasteiger charge is 2.37. The second-order valence-electron chi connectivity index (χ2n) is 8.10. The van der Waals surface area contributed by atoms with Crippen LogP contribution in [0.1, 0.15) is 35.6 Å². The van der Waals surface area contributed by atoms with Gasteiger partial charge >= 0.3 is 18.3 Å². The predicted molar refractivity (Wildman–Crippen MR) is 115 cm³/mol. The molecular weight excluding hydrogens is 476 g/mol. The van der Waals surface area contributed by atoms with Gasteiger partial charge in [0.1, 0.15) is 0 Å². The van der Waals surface area contributed by atoms with E-state index in [2.05, 4.69) is 0 Å². The van der Waals surface area contributed by atoms with Crippen LogP contribution in [-0.4, -0.2) is 43.2 Å². The van der Waals surface area contributed by atoms with E-state index in [9.17, 15) is 31.1 Å². The maximum absolute atomic E-state index is 13.6. The van der Waals surface area contributed by atoms with E-state index in [0.717, 1.165) is 18.2 Å². The van der Waals surface area contributed by atoms with Gasteiger partial charge < -0.3 is 9.64 Å². The predicted octanol–water partition coefficient (Wildman–Crippen LogP) is 5.24. The quantitative estimate of drug-likeness (QED) is 0.385. The summed E-state index contributed by atoms with van der Waals surface area (Å²) in [6.45, 7) is 2.18. The van der Waals surface area contributed by atoms with Crippen molar-refractivity contribution in [2.24, 2.45) is 0 Å². The van der Waals surface area contributed by atoms with Gasteiger partial charge in [0.25, 0.3) is 0 Å². The molecular formula is C24H23F6N3O2. The van der Waals surface area contributed by atoms with Gasteiger partial charge in [-0.05, 0) is 43.2 Å². The highest BCUT2D eigenvalue weighted by molar-refractivity contribution is 5.71. The molecule has 1 atom stereocenters. The van der Waals surface area contributed by atoms with Crippen molar-refractivity contribution in [3.05, 3.63) is 64.7 Å². The van der Waals surface area contributed by atoms with Gasteiger partial charge in [0.15, 0.2) is 0 Å². The molecule has 1 aliphatic heterocycles. The standard InChI is InChI=1S/C24H23F6N3O2/c1-2-35-22(34)15-32-10-9-19(14-32)33(13-17-5-3-4-6-20(17)23(25,26)27)18-8-7-16(12-31)21(11-18)24(28,29)30/h3-8,11,19H,2,9-10,13-15H2,1H3. The summed E-state index contributed by atoms with van der Waals surface area (Å²) in [5.74, 6) is -0.458. The van der Waals surface area contributed by atoms with Gasteiger partial charge in [-0.3, -0.25) is 9.69 Å². The van der Waals surface area contributed by atoms with Crippen LogP contribution < -0.4 is 4.90 Å². The van der Waals surface area contributed by atoms with E-state index >= 15 is 0 Å². The van der Waals surface area contributed by atoms with Crippen LogP contribution in [-0.2, 0) is 28.4 Å². The zero-order chi connectivity index (χ0) is 25.8. The first-order valence-corrected chi connectivity index (χ1v) is 10.8. The first-order valence-electron chi connectivity index (χ1n) is 10.8. The number of carbonyl (C=O) groups is 1. The largest absolute Gasteiger partial charge is 0.465 e. The monoisotopic (exact) mass is 499 g/mol. The average molecular weight is 499 g/mol. The Morgan fingerprint density at radius 3 is 2.43 bits per heavy atom. The second kappa shape index (κ2) is 10.6. The topological polar surface area (TPSA) is 56.6 Å². The smallest absolute Gasteiger partial charge is 0.417 e. The van der Waals surface area contributed by atoms with Crippen LogP contribution in [0.15, 0.2) is 42.5 Å². The van der Waals surface area contributed by atoms with E-state index < -0.39 is 41.1 Å². The summed E-state index contributed by atoms with van der Waals surface area (Å²) in [7, 11) is 0. The molecule has 0 bridgehead atoms. The SMILES string of the molecule is CCOC(=O)CN1CCC(N(Cc2ccccc2C(F)(F)F)c2ccc(C#N)c(C(F)(F)F)c2)C1. The third-order valence-corrected chi connectivity index (χ3v) is 5.77. The summed E-state index contributed by atoms with van der Waals surface area (Å²) >= 11 is 0. The maximum atomic E-state index is 13.6. The van der Waals surface area contributed by atoms with Crippen LogP contribution in [0.4, 0.5) is 32.0 Å². The van der Waals surface area contributed by atoms with Crippen molar-refractivity contribution in [1.29, 1.82) is 5.26 Å². The molecule has 5 nitrogen and oxygen atoms in total. The molecule has 1 aliphatic rings. The van der Waals surface area contributed by atoms with Crippen LogP contribution in [0, 0.1) is 11.3 Å². The number of alkyl halides is 6. The van der Waals surface area contributed by atoms with Gasteiger partial charge in [-0.15, -0.1) is 0 Å². The number of carbonyl (C=O) groups excluding carboxylic acids is 1. The molecule has 35 heavy (non-hydrogen) atoms. The maximum Gasteiger partial charge on any atom is 0.417 e. The fraction of sp³-hybridized carbons (Fsp3) is 0.417. The highest BCUT2D eigenvalue weighted by Crippen LogP contribution is 2.37. The van der Waals surface area contributed by atoms with Crippen molar-refractivity contribution in [3.63, 3.8) is 0 Å². The molecule has 0 saturated carbocycles. The number of anilines is 1. The molecule has 3 rings (SSSR count). The molecule has 188 valence electrons. The Balaban J connectivity index is 2.00. The summed E-state index contributed by atoms with van der Waals surface area (Å²) in [5, 5.41) is 9.11. The van der Waals surface area contributed by atoms with Crippen molar-refractivity contribution >= 4 is 11.7 Å². The van der Waals surface area contributed by atoms with E-state index in [-0.39, 0.29) is 37.5 Å². The molecule has 1 heterocycles. The molecule has 0 aromatic heterocycles. The third kappa shape index (κ3) is 6.45. The van der Waals surface area contributed by atoms with E-state index in [1.807, 2.05) is 0 Å². The summed E-state index contributed by atoms with van der Waals surface area (Å²) in [6.07, 6.45) is -9.05. The van der Waals surface area contributed by atoms with Crippen molar-refractivity contribution in [2.75, 3.05) is 31.1 Å². The molecule has 0 spiro atoms. The lowest BCUT2D eigenvalue weighted by Crippen LogP contribution is -2.39. The summed E-state index contributed by atoms with van der Waals surface area (Å²) in [4.78, 5) is 15.1. The Morgan fingerprint density at radius 1 is 1.11 bits per heavy atom. The number of hydrogen-bond acceptors (Lipinski definition) is 5. The minimum Gasteiger partial charge on any atom is -0.465 e. The van der Waals surface area contributed by atoms with Crippen LogP contribution in [0.5, 0.6) is 0 Å². The Labute approximate surface area is 198 Å². The van der Waals surface area contributed by atoms with Crippen LogP contribution in [0.25, 0.3) is 0 Å². The summed E-state index contributed by atoms with van der Waals surface area (Å²) < 4.78 is 86.6. The van der Waals surface area contributed by atoms with Crippen molar-refractivity contribution in [3.8, 4) is 6.07 Å². The average Bonchev–Trinajstić information content (AvgIpc) is 3.24. The molecule has 1 unspecified atom stereocenters. The number of hydrogen-bond donors (Lipinski definition) is 0. The number of ether oxygens (including phenoxy) is 1. The van der Waals surface area contributed by atoms with Gasteiger partial charge in [0.05, 0.1) is 35.9 Å². The lowest BCUT2D eigenvalue weighted by atomic mass is 10.0. The molecule has 1 fully saturated rings. The summed E-state index contributed by atoms with van der Waals surface area (Å²) in [6, 6.07) is 9.05. The molecule has 2 aromatic carbocycles. The van der Waals surface area contributed by atoms with Crippen molar-refractivity contribution in [2.45, 2.75) is 38.3 Å². The van der Waals surface area contributed by atoms with Crippen LogP contribution in [0.2, 0.25) is 0 Å². The summed E-state index contributed by atoms with van der Waals surface area (Å²) in [5.41, 5.74) is -2.67. The Hall–Kier alpha value is -3.26. The number of nitrogens with zero attached hydrogens (tertiary/aromatic N) is 3. The van der Waals surface area contributed by atoms with Crippen molar-refractivity contribution < 1.29 is 35.9 Å². The first kappa shape index (κ1) is 26.3. The number of nitriles is 1. The zero-order valence-electron chi connectivity index (χ0n) is 18.8. The minimum absolute atomic E-state index is 0.0293. The minimum atomic E-state index is -4.82. The lowest BCUT2D eigenvalue weighted by Gasteiger charge is -2.33. The Morgan fingerprint density at radius 2 is 1.80 bits per heavy atom. The van der Waals surface area contributed by atoms with Crippen molar-refractivity contribution in [1.82, 2.24) is 4.90 Å². The van der Waals surface area contributed by atoms with Gasteiger partial charge in [0.2, 0.25) is 0 Å². The molecule has 1 saturated heterocycles. The molecule has 0 radical (unpaired) electrons. The second-order valence-corrected chi connectivity index (χ2v) is 8.10. The Kier molecular flexibility index (Phi) is 7.95. The van der Waals surface area contributed by atoms with Crippen LogP contribution in [0.3, 0.4) is 0 Å². The van der Waals surface area contributed by atoms with E-state index in [1.54, 1.807) is 11.8 Å². The first-order chi connectivity index (χ1) is 16.4. The number of likely N-dealkylation sites (tertiary alicyclic amines) is 1. The van der Waals surface area contributed by atoms with E-state index in [0.29, 0.717) is 13.0 Å². The zero-order valence-corrected chi connectivity index (χ0v) is 18.8. The van der Waals surface area contributed by atoms with Crippen LogP contribution >= 0.6 is 0 Å². The third-order valence-electron chi connectivity index (χ3n) is 5.77. The number of halogens is 6. The number of benzene rings is 2. The fourth-order valence-corrected chi connectivity index (χ4v) is 4.19. The van der Waals surface area contributed by atoms with E-state index in [1.165, 1.54) is 35.2 Å². The van der Waals surface area contributed by atoms with Gasteiger partial charge in [-0.1, -0.05) is 18.2 Å². The molecule has 0 amide bonds. The fourth-order valence-electron chi connectivity index (χ4n) is 4.19. The van der Waals surface area contributed by atoms with Gasteiger partial charge in [-0.25, -0.2) is 0 Å². The van der Waals surface area contributed by atoms with Gasteiger partial charge in [-0.2, -0.15) is 31.6 Å². The normalized spacial score (nSPS) is 16.7.